The van der Waals surface area contributed by atoms with Gasteiger partial charge in [-0.05, 0) is 61.6 Å². The van der Waals surface area contributed by atoms with Gasteiger partial charge in [0, 0.05) is 22.8 Å². The highest BCUT2D eigenvalue weighted by Gasteiger charge is 2.21. The van der Waals surface area contributed by atoms with Crippen LogP contribution in [0.25, 0.3) is 27.9 Å². The van der Waals surface area contributed by atoms with Crippen molar-refractivity contribution in [2.75, 3.05) is 18.5 Å². The van der Waals surface area contributed by atoms with E-state index in [1.54, 1.807) is 13.8 Å². The number of fused-ring (bicyclic) bond motifs is 3. The molecule has 37 heavy (non-hydrogen) atoms. The number of pyridine rings is 1. The van der Waals surface area contributed by atoms with E-state index >= 15 is 0 Å². The molecule has 0 saturated carbocycles. The van der Waals surface area contributed by atoms with Crippen molar-refractivity contribution in [3.63, 3.8) is 0 Å². The summed E-state index contributed by atoms with van der Waals surface area (Å²) in [6.45, 7) is 12.2. The van der Waals surface area contributed by atoms with Gasteiger partial charge in [-0.25, -0.2) is 9.59 Å². The van der Waals surface area contributed by atoms with Gasteiger partial charge in [-0.1, -0.05) is 45.0 Å². The van der Waals surface area contributed by atoms with Crippen LogP contribution in [0, 0.1) is 6.92 Å². The zero-order valence-corrected chi connectivity index (χ0v) is 22.1. The number of carbonyl (C=O) groups is 2. The summed E-state index contributed by atoms with van der Waals surface area (Å²) in [5.41, 5.74) is 5.51. The van der Waals surface area contributed by atoms with E-state index in [1.165, 1.54) is 11.8 Å². The second-order valence-electron chi connectivity index (χ2n) is 9.75. The number of rotatable bonds is 7. The van der Waals surface area contributed by atoms with Gasteiger partial charge in [-0.15, -0.1) is 10.2 Å². The van der Waals surface area contributed by atoms with Crippen molar-refractivity contribution in [2.45, 2.75) is 47.0 Å². The molecular weight excluding hydrogens is 468 g/mol. The number of aromatic nitrogens is 3. The average molecular weight is 501 g/mol. The second kappa shape index (κ2) is 10.4. The molecule has 2 aromatic carbocycles. The minimum Gasteiger partial charge on any atom is -0.462 e. The minimum atomic E-state index is -0.737. The normalized spacial score (nSPS) is 11.4. The summed E-state index contributed by atoms with van der Waals surface area (Å²) in [6.07, 6.45) is 1.33. The summed E-state index contributed by atoms with van der Waals surface area (Å²) in [7, 11) is 0. The van der Waals surface area contributed by atoms with Gasteiger partial charge in [0.1, 0.15) is 0 Å². The van der Waals surface area contributed by atoms with Crippen molar-refractivity contribution in [1.82, 2.24) is 14.6 Å². The van der Waals surface area contributed by atoms with E-state index in [4.69, 9.17) is 9.47 Å². The summed E-state index contributed by atoms with van der Waals surface area (Å²) < 4.78 is 12.0. The molecule has 8 nitrogen and oxygen atoms in total. The Kier molecular flexibility index (Phi) is 7.29. The number of benzene rings is 2. The van der Waals surface area contributed by atoms with Gasteiger partial charge in [-0.2, -0.15) is 0 Å². The molecule has 4 aromatic rings. The smallest absolute Gasteiger partial charge is 0.347 e. The molecule has 0 aliphatic heterocycles. The maximum absolute atomic E-state index is 12.3. The maximum atomic E-state index is 12.3. The highest BCUT2D eigenvalue weighted by Crippen LogP contribution is 2.30. The molecule has 0 amide bonds. The Morgan fingerprint density at radius 2 is 1.59 bits per heavy atom. The Labute approximate surface area is 216 Å². The van der Waals surface area contributed by atoms with Gasteiger partial charge in [-0.3, -0.25) is 4.40 Å². The third kappa shape index (κ3) is 5.33. The first-order chi connectivity index (χ1) is 17.6. The summed E-state index contributed by atoms with van der Waals surface area (Å²) >= 11 is 0. The van der Waals surface area contributed by atoms with E-state index < -0.39 is 11.9 Å². The van der Waals surface area contributed by atoms with Crippen LogP contribution in [0.1, 0.15) is 45.7 Å². The molecular formula is C29H32N4O4. The zero-order chi connectivity index (χ0) is 26.7. The van der Waals surface area contributed by atoms with Crippen LogP contribution in [-0.2, 0) is 24.5 Å². The van der Waals surface area contributed by atoms with Crippen LogP contribution in [-0.4, -0.2) is 39.8 Å². The molecule has 8 heteroatoms. The number of anilines is 1. The van der Waals surface area contributed by atoms with Crippen molar-refractivity contribution in [3.05, 3.63) is 71.4 Å². The Balaban J connectivity index is 1.74. The average Bonchev–Trinajstić information content (AvgIpc) is 3.28. The van der Waals surface area contributed by atoms with Crippen molar-refractivity contribution < 1.29 is 19.1 Å². The number of aryl methyl sites for hydroxylation is 1. The SMILES string of the molecule is CCOC(=O)C(=CNc1ccc2c(c1)c(C)cc1nnc(-c3ccc(C(C)(C)C)cc3)n12)C(=O)OCC. The van der Waals surface area contributed by atoms with Crippen LogP contribution < -0.4 is 5.32 Å². The maximum Gasteiger partial charge on any atom is 0.347 e. The predicted molar refractivity (Wildman–Crippen MR) is 144 cm³/mol. The molecule has 0 unspecified atom stereocenters. The van der Waals surface area contributed by atoms with Gasteiger partial charge in [0.2, 0.25) is 0 Å². The van der Waals surface area contributed by atoms with Crippen LogP contribution in [0.4, 0.5) is 5.69 Å². The molecule has 0 bridgehead atoms. The molecule has 4 rings (SSSR count). The highest BCUT2D eigenvalue weighted by atomic mass is 16.6. The van der Waals surface area contributed by atoms with Gasteiger partial charge < -0.3 is 14.8 Å². The summed E-state index contributed by atoms with van der Waals surface area (Å²) in [4.78, 5) is 24.5. The number of nitrogens with zero attached hydrogens (tertiary/aromatic N) is 3. The third-order valence-corrected chi connectivity index (χ3v) is 6.08. The van der Waals surface area contributed by atoms with Crippen LogP contribution in [0.15, 0.2) is 60.3 Å². The van der Waals surface area contributed by atoms with Gasteiger partial charge >= 0.3 is 11.9 Å². The number of carbonyl (C=O) groups excluding carboxylic acids is 2. The topological polar surface area (TPSA) is 94.8 Å². The Hall–Kier alpha value is -4.20. The number of hydrogen-bond acceptors (Lipinski definition) is 7. The third-order valence-electron chi connectivity index (χ3n) is 6.08. The van der Waals surface area contributed by atoms with Crippen molar-refractivity contribution >= 4 is 34.2 Å². The van der Waals surface area contributed by atoms with Crippen molar-refractivity contribution in [3.8, 4) is 11.4 Å². The molecule has 1 N–H and O–H groups in total. The number of ether oxygens (including phenoxy) is 2. The monoisotopic (exact) mass is 500 g/mol. The predicted octanol–water partition coefficient (Wildman–Crippen LogP) is 5.58. The fraction of sp³-hybridized carbons (Fsp3) is 0.310. The van der Waals surface area contributed by atoms with Crippen LogP contribution in [0.5, 0.6) is 0 Å². The first-order valence-corrected chi connectivity index (χ1v) is 12.3. The van der Waals surface area contributed by atoms with E-state index in [9.17, 15) is 9.59 Å². The molecule has 2 aromatic heterocycles. The van der Waals surface area contributed by atoms with E-state index in [-0.39, 0.29) is 24.2 Å². The Bertz CT molecular complexity index is 1470. The number of hydrogen-bond donors (Lipinski definition) is 1. The van der Waals surface area contributed by atoms with Gasteiger partial charge in [0.15, 0.2) is 17.0 Å². The second-order valence-corrected chi connectivity index (χ2v) is 9.75. The lowest BCUT2D eigenvalue weighted by Crippen LogP contribution is -2.19. The molecule has 0 radical (unpaired) electrons. The minimum absolute atomic E-state index is 0.0630. The Morgan fingerprint density at radius 1 is 0.946 bits per heavy atom. The zero-order valence-electron chi connectivity index (χ0n) is 22.1. The first kappa shape index (κ1) is 25.9. The summed E-state index contributed by atoms with van der Waals surface area (Å²) in [6, 6.07) is 16.2. The molecule has 192 valence electrons. The van der Waals surface area contributed by atoms with Crippen LogP contribution in [0.2, 0.25) is 0 Å². The molecule has 0 fully saturated rings. The molecule has 0 spiro atoms. The van der Waals surface area contributed by atoms with Crippen LogP contribution >= 0.6 is 0 Å². The molecule has 0 aliphatic rings. The van der Waals surface area contributed by atoms with Crippen molar-refractivity contribution in [2.24, 2.45) is 0 Å². The lowest BCUT2D eigenvalue weighted by Gasteiger charge is -2.19. The largest absolute Gasteiger partial charge is 0.462 e. The quantitative estimate of drug-likeness (QED) is 0.153. The van der Waals surface area contributed by atoms with Crippen LogP contribution in [0.3, 0.4) is 0 Å². The highest BCUT2D eigenvalue weighted by molar-refractivity contribution is 6.14. The first-order valence-electron chi connectivity index (χ1n) is 12.3. The van der Waals surface area contributed by atoms with E-state index in [2.05, 4.69) is 60.6 Å². The fourth-order valence-corrected chi connectivity index (χ4v) is 4.12. The Morgan fingerprint density at radius 3 is 2.19 bits per heavy atom. The number of nitrogens with one attached hydrogen (secondary N) is 1. The van der Waals surface area contributed by atoms with Gasteiger partial charge in [0.05, 0.1) is 18.7 Å². The molecule has 0 atom stereocenters. The molecule has 2 heterocycles. The summed E-state index contributed by atoms with van der Waals surface area (Å²) in [5.74, 6) is -0.717. The van der Waals surface area contributed by atoms with Crippen molar-refractivity contribution in [1.29, 1.82) is 0 Å². The standard InChI is InChI=1S/C29H32N4O4/c1-7-36-27(34)23(28(35)37-8-2)17-30-21-13-14-24-22(16-21)18(3)15-25-31-32-26(33(24)25)19-9-11-20(12-10-19)29(4,5)6/h9-17,30H,7-8H2,1-6H3. The van der Waals surface area contributed by atoms with E-state index in [0.717, 1.165) is 33.5 Å². The van der Waals surface area contributed by atoms with E-state index in [0.29, 0.717) is 5.69 Å². The fourth-order valence-electron chi connectivity index (χ4n) is 4.12. The lowest BCUT2D eigenvalue weighted by molar-refractivity contribution is -0.146. The molecule has 0 aliphatic carbocycles. The summed E-state index contributed by atoms with van der Waals surface area (Å²) in [5, 5.41) is 12.9. The van der Waals surface area contributed by atoms with E-state index in [1.807, 2.05) is 35.6 Å². The number of esters is 2. The molecule has 0 saturated heterocycles. The van der Waals surface area contributed by atoms with Gasteiger partial charge in [0.25, 0.3) is 0 Å². The lowest BCUT2D eigenvalue weighted by atomic mass is 9.87.